The van der Waals surface area contributed by atoms with Crippen LogP contribution in [-0.2, 0) is 4.79 Å². The normalized spacial score (nSPS) is 70.1. The summed E-state index contributed by atoms with van der Waals surface area (Å²) in [7, 11) is 0. The highest BCUT2D eigenvalue weighted by Crippen LogP contribution is 2.69. The summed E-state index contributed by atoms with van der Waals surface area (Å²) in [6.07, 6.45) is -13.8. The zero-order valence-corrected chi connectivity index (χ0v) is 18.6. The van der Waals surface area contributed by atoms with Crippen molar-refractivity contribution >= 4 is 5.97 Å². The van der Waals surface area contributed by atoms with E-state index in [0.717, 1.165) is 0 Å². The third kappa shape index (κ3) is 3.36. The van der Waals surface area contributed by atoms with Crippen LogP contribution in [0.4, 0.5) is 0 Å². The monoisotopic (exact) mass is 430 g/mol. The molecule has 4 nitrogen and oxygen atoms in total. The van der Waals surface area contributed by atoms with Gasteiger partial charge in [0.25, 0.3) is 0 Å². The van der Waals surface area contributed by atoms with Gasteiger partial charge in [-0.15, -0.1) is 0 Å². The van der Waals surface area contributed by atoms with Gasteiger partial charge in [-0.25, -0.2) is 0 Å². The first-order valence-corrected chi connectivity index (χ1v) is 11.5. The molecule has 0 radical (unpaired) electrons. The van der Waals surface area contributed by atoms with Gasteiger partial charge in [-0.2, -0.15) is 0 Å². The largest absolute Gasteiger partial charge is 0.481 e. The SMILES string of the molecule is [2H]C([2H])(C[C@@H](C)[C@H]1CCC2[C@@]3([2H])C(CC[C@@]21C)[C@@]1(C)CC([2H])([2H])[C@@]([2H])(O)C([2H])([2H])[C@H]1[C@@]([2H])(CC)[C@@]3([2H])O)C(=O)O. The van der Waals surface area contributed by atoms with Crippen molar-refractivity contribution in [1.82, 2.24) is 0 Å². The highest BCUT2D eigenvalue weighted by Gasteiger charge is 2.64. The van der Waals surface area contributed by atoms with Gasteiger partial charge in [0.15, 0.2) is 0 Å². The molecule has 0 bridgehead atoms. The molecule has 4 fully saturated rings. The number of carboxylic acids is 1. The minimum atomic E-state index is -3.25. The van der Waals surface area contributed by atoms with Crippen LogP contribution in [0.15, 0.2) is 0 Å². The Balaban J connectivity index is 1.88. The van der Waals surface area contributed by atoms with Crippen LogP contribution in [-0.4, -0.2) is 33.4 Å². The molecule has 4 saturated carbocycles. The van der Waals surface area contributed by atoms with E-state index in [-0.39, 0.29) is 25.2 Å². The van der Waals surface area contributed by atoms with Crippen molar-refractivity contribution in [3.05, 3.63) is 0 Å². The Kier molecular flexibility index (Phi) is 3.54. The van der Waals surface area contributed by atoms with Gasteiger partial charge in [-0.3, -0.25) is 4.79 Å². The first-order valence-electron chi connectivity index (χ1n) is 16.5. The van der Waals surface area contributed by atoms with Gasteiger partial charge in [0.05, 0.1) is 14.9 Å². The summed E-state index contributed by atoms with van der Waals surface area (Å²) in [5, 5.41) is 32.4. The van der Waals surface area contributed by atoms with Crippen molar-refractivity contribution in [2.75, 3.05) is 0 Å². The van der Waals surface area contributed by atoms with Crippen LogP contribution in [0.2, 0.25) is 0 Å². The van der Waals surface area contributed by atoms with E-state index in [4.69, 9.17) is 9.60 Å². The molecule has 0 aromatic heterocycles. The summed E-state index contributed by atoms with van der Waals surface area (Å²) in [6.45, 7) is 6.82. The fourth-order valence-corrected chi connectivity index (χ4v) is 7.56. The van der Waals surface area contributed by atoms with Crippen LogP contribution in [0.5, 0.6) is 0 Å². The van der Waals surface area contributed by atoms with E-state index in [1.165, 1.54) is 6.92 Å². The molecule has 30 heavy (non-hydrogen) atoms. The topological polar surface area (TPSA) is 77.8 Å². The standard InChI is InChI=1S/C26H44O4/c1-5-17-21-14-16(27)10-12-26(21,4)20-11-13-25(3)18(15(2)6-9-22(28)29)7-8-19(25)23(20)24(17)30/h15-21,23-24,27,30H,5-14H2,1-4H3,(H,28,29)/t15-,16-,17-,18-,19?,20?,21+,23+,24-,25-,26-/m1/s1/i9D2,10D2,14D2,16D,17D,23D,24D. The molecule has 0 spiro atoms. The zero-order chi connectivity index (χ0) is 30.9. The number of aliphatic carboxylic acids is 1. The average molecular weight is 431 g/mol. The lowest BCUT2D eigenvalue weighted by molar-refractivity contribution is -0.203. The number of hydrogen-bond donors (Lipinski definition) is 3. The Bertz CT molecular complexity index is 1070. The minimum absolute atomic E-state index is 0.210. The van der Waals surface area contributed by atoms with Crippen LogP contribution >= 0.6 is 0 Å². The van der Waals surface area contributed by atoms with Gasteiger partial charge in [0.1, 0.15) is 0 Å². The van der Waals surface area contributed by atoms with Crippen molar-refractivity contribution in [2.24, 2.45) is 52.2 Å². The van der Waals surface area contributed by atoms with Crippen LogP contribution in [0.3, 0.4) is 0 Å². The van der Waals surface area contributed by atoms with Crippen molar-refractivity contribution in [3.63, 3.8) is 0 Å². The summed E-state index contributed by atoms with van der Waals surface area (Å²) in [4.78, 5) is 11.5. The number of rotatable bonds is 5. The Morgan fingerprint density at radius 2 is 1.87 bits per heavy atom. The zero-order valence-electron chi connectivity index (χ0n) is 28.6. The van der Waals surface area contributed by atoms with Crippen molar-refractivity contribution in [3.8, 4) is 0 Å². The summed E-state index contributed by atoms with van der Waals surface area (Å²) >= 11 is 0. The van der Waals surface area contributed by atoms with E-state index in [9.17, 15) is 24.2 Å². The van der Waals surface area contributed by atoms with Crippen molar-refractivity contribution in [2.45, 2.75) is 104 Å². The second-order valence-electron chi connectivity index (χ2n) is 10.5. The molecular formula is C26H44O4. The van der Waals surface area contributed by atoms with Crippen LogP contribution < -0.4 is 0 Å². The molecule has 0 aromatic carbocycles. The summed E-state index contributed by atoms with van der Waals surface area (Å²) in [5.41, 5.74) is -2.15. The smallest absolute Gasteiger partial charge is 0.303 e. The lowest BCUT2D eigenvalue weighted by atomic mass is 9.41. The maximum Gasteiger partial charge on any atom is 0.303 e. The Morgan fingerprint density at radius 3 is 2.53 bits per heavy atom. The Hall–Kier alpha value is -0.610. The van der Waals surface area contributed by atoms with Crippen LogP contribution in [0.25, 0.3) is 0 Å². The molecule has 0 aliphatic heterocycles. The maximum atomic E-state index is 12.1. The molecule has 4 heteroatoms. The van der Waals surface area contributed by atoms with E-state index in [1.54, 1.807) is 13.8 Å². The quantitative estimate of drug-likeness (QED) is 0.566. The first-order chi connectivity index (χ1) is 17.8. The fraction of sp³-hybridized carbons (Fsp3) is 0.962. The lowest BCUT2D eigenvalue weighted by Crippen LogP contribution is -2.62. The summed E-state index contributed by atoms with van der Waals surface area (Å²) in [5.74, 6) is -9.77. The lowest BCUT2D eigenvalue weighted by Gasteiger charge is -2.64. The highest BCUT2D eigenvalue weighted by atomic mass is 16.4. The van der Waals surface area contributed by atoms with Gasteiger partial charge < -0.3 is 15.3 Å². The third-order valence-electron chi connectivity index (χ3n) is 9.07. The van der Waals surface area contributed by atoms with E-state index in [1.807, 2.05) is 6.92 Å². The molecule has 4 aliphatic carbocycles. The van der Waals surface area contributed by atoms with E-state index in [2.05, 4.69) is 0 Å². The third-order valence-corrected chi connectivity index (χ3v) is 9.07. The second kappa shape index (κ2) is 8.06. The number of carboxylic acid groups (broad SMARTS) is 1. The van der Waals surface area contributed by atoms with E-state index in [0.29, 0.717) is 19.3 Å². The Morgan fingerprint density at radius 1 is 1.17 bits per heavy atom. The van der Waals surface area contributed by atoms with Crippen molar-refractivity contribution < 1.29 is 33.8 Å². The van der Waals surface area contributed by atoms with Gasteiger partial charge in [0.2, 0.25) is 0 Å². The molecule has 4 rings (SSSR count). The highest BCUT2D eigenvalue weighted by molar-refractivity contribution is 5.66. The van der Waals surface area contributed by atoms with Gasteiger partial charge in [0, 0.05) is 17.3 Å². The van der Waals surface area contributed by atoms with Gasteiger partial charge >= 0.3 is 5.97 Å². The fourth-order valence-electron chi connectivity index (χ4n) is 7.56. The molecule has 2 unspecified atom stereocenters. The predicted molar refractivity (Wildman–Crippen MR) is 118 cm³/mol. The number of carbonyl (C=O) groups is 1. The molecule has 11 atom stereocenters. The summed E-state index contributed by atoms with van der Waals surface area (Å²) < 4.78 is 88.0. The molecular weight excluding hydrogens is 376 g/mol. The second-order valence-corrected chi connectivity index (χ2v) is 10.5. The molecule has 172 valence electrons. The number of fused-ring (bicyclic) bond motifs is 5. The average Bonchev–Trinajstić information content (AvgIpc) is 3.14. The number of hydrogen-bond acceptors (Lipinski definition) is 3. The first kappa shape index (κ1) is 13.2. The maximum absolute atomic E-state index is 12.1. The molecule has 4 aliphatic rings. The number of aliphatic hydroxyl groups is 2. The minimum Gasteiger partial charge on any atom is -0.481 e. The molecule has 0 aromatic rings. The molecule has 0 saturated heterocycles. The summed E-state index contributed by atoms with van der Waals surface area (Å²) in [6, 6.07) is 0. The van der Waals surface area contributed by atoms with Crippen LogP contribution in [0.1, 0.15) is 105 Å². The predicted octanol–water partition coefficient (Wildman–Crippen LogP) is 5.11. The Labute approximate surface area is 196 Å². The molecule has 0 heterocycles. The van der Waals surface area contributed by atoms with E-state index < -0.39 is 90.0 Å². The van der Waals surface area contributed by atoms with Gasteiger partial charge in [-0.05, 0) is 103 Å². The van der Waals surface area contributed by atoms with Crippen molar-refractivity contribution in [1.29, 1.82) is 0 Å². The molecule has 0 amide bonds. The van der Waals surface area contributed by atoms with Gasteiger partial charge in [-0.1, -0.05) is 34.1 Å². The molecule has 3 N–H and O–H groups in total. The van der Waals surface area contributed by atoms with E-state index >= 15 is 0 Å². The van der Waals surface area contributed by atoms with Crippen LogP contribution in [0, 0.1) is 52.2 Å².